The van der Waals surface area contributed by atoms with Crippen molar-refractivity contribution in [3.8, 4) is 5.75 Å². The molecule has 3 rings (SSSR count). The summed E-state index contributed by atoms with van der Waals surface area (Å²) >= 11 is 1.75. The van der Waals surface area contributed by atoms with Gasteiger partial charge >= 0.3 is 0 Å². The second-order valence-electron chi connectivity index (χ2n) is 4.46. The van der Waals surface area contributed by atoms with Gasteiger partial charge in [0.15, 0.2) is 0 Å². The van der Waals surface area contributed by atoms with Crippen molar-refractivity contribution < 1.29 is 4.74 Å². The largest absolute Gasteiger partial charge is 0.497 e. The van der Waals surface area contributed by atoms with Gasteiger partial charge in [-0.15, -0.1) is 11.3 Å². The highest BCUT2D eigenvalue weighted by Crippen LogP contribution is 2.33. The van der Waals surface area contributed by atoms with E-state index in [1.54, 1.807) is 18.4 Å². The first-order chi connectivity index (χ1) is 9.33. The summed E-state index contributed by atoms with van der Waals surface area (Å²) in [5, 5.41) is 3.27. The van der Waals surface area contributed by atoms with E-state index in [0.29, 0.717) is 6.54 Å². The van der Waals surface area contributed by atoms with Crippen LogP contribution in [0.4, 0.5) is 0 Å². The Morgan fingerprint density at radius 3 is 2.95 bits per heavy atom. The fourth-order valence-corrected chi connectivity index (χ4v) is 3.28. The summed E-state index contributed by atoms with van der Waals surface area (Å²) in [7, 11) is 1.69. The topological polar surface area (TPSA) is 51.0 Å². The van der Waals surface area contributed by atoms with Crippen molar-refractivity contribution in [3.63, 3.8) is 0 Å². The lowest BCUT2D eigenvalue weighted by molar-refractivity contribution is 0.415. The van der Waals surface area contributed by atoms with Gasteiger partial charge in [-0.2, -0.15) is 0 Å². The number of benzene rings is 1. The third-order valence-corrected chi connectivity index (χ3v) is 4.40. The summed E-state index contributed by atoms with van der Waals surface area (Å²) < 4.78 is 5.31. The van der Waals surface area contributed by atoms with Crippen LogP contribution in [0.1, 0.15) is 16.4 Å². The summed E-state index contributed by atoms with van der Waals surface area (Å²) in [6.45, 7) is 0.602. The maximum atomic E-state index is 5.98. The van der Waals surface area contributed by atoms with Gasteiger partial charge in [0.25, 0.3) is 0 Å². The number of hydrogen-bond donors (Lipinski definition) is 2. The minimum absolute atomic E-state index is 0.237. The second-order valence-corrected chi connectivity index (χ2v) is 5.44. The van der Waals surface area contributed by atoms with Crippen LogP contribution < -0.4 is 10.5 Å². The van der Waals surface area contributed by atoms with Gasteiger partial charge in [0.1, 0.15) is 5.75 Å². The first-order valence-corrected chi connectivity index (χ1v) is 7.10. The van der Waals surface area contributed by atoms with E-state index < -0.39 is 0 Å². The molecular formula is C15H16N2OS. The number of methoxy groups -OCH3 is 1. The predicted molar refractivity (Wildman–Crippen MR) is 80.1 cm³/mol. The molecule has 0 bridgehead atoms. The van der Waals surface area contributed by atoms with Gasteiger partial charge in [0.2, 0.25) is 0 Å². The van der Waals surface area contributed by atoms with Crippen molar-refractivity contribution in [2.45, 2.75) is 5.92 Å². The smallest absolute Gasteiger partial charge is 0.119 e. The monoisotopic (exact) mass is 272 g/mol. The van der Waals surface area contributed by atoms with E-state index in [0.717, 1.165) is 11.3 Å². The number of aromatic amines is 1. The standard InChI is InChI=1S/C15H16N2OS/c1-18-10-4-5-14-11(7-10)13(9-17-14)12(8-16)15-3-2-6-19-15/h2-7,9,12,17H,8,16H2,1H3. The van der Waals surface area contributed by atoms with Crippen LogP contribution in [0.5, 0.6) is 5.75 Å². The van der Waals surface area contributed by atoms with Crippen LogP contribution in [-0.2, 0) is 0 Å². The van der Waals surface area contributed by atoms with Gasteiger partial charge in [-0.05, 0) is 35.2 Å². The molecule has 0 spiro atoms. The minimum atomic E-state index is 0.237. The maximum Gasteiger partial charge on any atom is 0.119 e. The summed E-state index contributed by atoms with van der Waals surface area (Å²) in [6, 6.07) is 10.3. The van der Waals surface area contributed by atoms with Crippen molar-refractivity contribution in [2.24, 2.45) is 5.73 Å². The molecule has 0 aliphatic heterocycles. The Morgan fingerprint density at radius 2 is 2.26 bits per heavy atom. The van der Waals surface area contributed by atoms with Crippen LogP contribution in [0.15, 0.2) is 41.9 Å². The van der Waals surface area contributed by atoms with Gasteiger partial charge in [-0.1, -0.05) is 6.07 Å². The van der Waals surface area contributed by atoms with Gasteiger partial charge in [0.05, 0.1) is 7.11 Å². The van der Waals surface area contributed by atoms with Crippen LogP contribution in [0, 0.1) is 0 Å². The zero-order valence-corrected chi connectivity index (χ0v) is 11.5. The lowest BCUT2D eigenvalue weighted by Gasteiger charge is -2.12. The van der Waals surface area contributed by atoms with E-state index >= 15 is 0 Å². The molecule has 98 valence electrons. The fourth-order valence-electron chi connectivity index (χ4n) is 2.42. The summed E-state index contributed by atoms with van der Waals surface area (Å²) in [4.78, 5) is 4.61. The quantitative estimate of drug-likeness (QED) is 0.765. The highest BCUT2D eigenvalue weighted by atomic mass is 32.1. The Labute approximate surface area is 116 Å². The highest BCUT2D eigenvalue weighted by Gasteiger charge is 2.17. The molecule has 0 saturated heterocycles. The van der Waals surface area contributed by atoms with Crippen LogP contribution in [0.3, 0.4) is 0 Å². The van der Waals surface area contributed by atoms with Crippen LogP contribution in [0.2, 0.25) is 0 Å². The van der Waals surface area contributed by atoms with Gasteiger partial charge in [0, 0.05) is 34.4 Å². The van der Waals surface area contributed by atoms with E-state index in [9.17, 15) is 0 Å². The second kappa shape index (κ2) is 5.07. The van der Waals surface area contributed by atoms with E-state index in [1.165, 1.54) is 15.8 Å². The molecule has 3 aromatic rings. The molecule has 2 heterocycles. The Bertz CT molecular complexity index is 673. The van der Waals surface area contributed by atoms with Crippen LogP contribution >= 0.6 is 11.3 Å². The first kappa shape index (κ1) is 12.3. The normalized spacial score (nSPS) is 12.7. The maximum absolute atomic E-state index is 5.98. The predicted octanol–water partition coefficient (Wildman–Crippen LogP) is 3.33. The van der Waals surface area contributed by atoms with Crippen LogP contribution in [-0.4, -0.2) is 18.6 Å². The molecule has 1 aromatic carbocycles. The van der Waals surface area contributed by atoms with Crippen molar-refractivity contribution >= 4 is 22.2 Å². The third-order valence-electron chi connectivity index (χ3n) is 3.42. The molecular weight excluding hydrogens is 256 g/mol. The number of aromatic nitrogens is 1. The van der Waals surface area contributed by atoms with E-state index in [2.05, 4.69) is 34.8 Å². The van der Waals surface area contributed by atoms with Crippen molar-refractivity contribution in [2.75, 3.05) is 13.7 Å². The van der Waals surface area contributed by atoms with Gasteiger partial charge in [-0.25, -0.2) is 0 Å². The average molecular weight is 272 g/mol. The average Bonchev–Trinajstić information content (AvgIpc) is 3.09. The molecule has 3 nitrogen and oxygen atoms in total. The highest BCUT2D eigenvalue weighted by molar-refractivity contribution is 7.10. The molecule has 0 fully saturated rings. The number of fused-ring (bicyclic) bond motifs is 1. The molecule has 4 heteroatoms. The van der Waals surface area contributed by atoms with E-state index in [1.807, 2.05) is 12.1 Å². The molecule has 1 unspecified atom stereocenters. The van der Waals surface area contributed by atoms with Crippen LogP contribution in [0.25, 0.3) is 10.9 Å². The zero-order valence-electron chi connectivity index (χ0n) is 10.7. The molecule has 0 radical (unpaired) electrons. The molecule has 19 heavy (non-hydrogen) atoms. The Kier molecular flexibility index (Phi) is 3.27. The Hall–Kier alpha value is -1.78. The third kappa shape index (κ3) is 2.13. The molecule has 3 N–H and O–H groups in total. The number of nitrogens with two attached hydrogens (primary N) is 1. The number of thiophene rings is 1. The Morgan fingerprint density at radius 1 is 1.37 bits per heavy atom. The zero-order chi connectivity index (χ0) is 13.2. The number of ether oxygens (including phenoxy) is 1. The molecule has 0 saturated carbocycles. The van der Waals surface area contributed by atoms with Crippen molar-refractivity contribution in [1.82, 2.24) is 4.98 Å². The SMILES string of the molecule is COc1ccc2[nH]cc(C(CN)c3cccs3)c2c1. The molecule has 1 atom stereocenters. The summed E-state index contributed by atoms with van der Waals surface area (Å²) in [5.74, 6) is 1.11. The summed E-state index contributed by atoms with van der Waals surface area (Å²) in [5.41, 5.74) is 8.33. The molecule has 0 aliphatic carbocycles. The lowest BCUT2D eigenvalue weighted by atomic mass is 9.97. The van der Waals surface area contributed by atoms with Gasteiger partial charge in [-0.3, -0.25) is 0 Å². The van der Waals surface area contributed by atoms with E-state index in [4.69, 9.17) is 10.5 Å². The molecule has 2 aromatic heterocycles. The minimum Gasteiger partial charge on any atom is -0.497 e. The Balaban J connectivity index is 2.13. The fraction of sp³-hybridized carbons (Fsp3) is 0.200. The number of rotatable bonds is 4. The van der Waals surface area contributed by atoms with Gasteiger partial charge < -0.3 is 15.5 Å². The number of H-pyrrole nitrogens is 1. The van der Waals surface area contributed by atoms with Crippen molar-refractivity contribution in [3.05, 3.63) is 52.3 Å². The first-order valence-electron chi connectivity index (χ1n) is 6.22. The van der Waals surface area contributed by atoms with E-state index in [-0.39, 0.29) is 5.92 Å². The lowest BCUT2D eigenvalue weighted by Crippen LogP contribution is -2.12. The summed E-state index contributed by atoms with van der Waals surface area (Å²) in [6.07, 6.45) is 2.06. The molecule has 0 aliphatic rings. The number of nitrogens with one attached hydrogen (secondary N) is 1. The molecule has 0 amide bonds. The van der Waals surface area contributed by atoms with Crippen molar-refractivity contribution in [1.29, 1.82) is 0 Å². The number of hydrogen-bond acceptors (Lipinski definition) is 3.